The highest BCUT2D eigenvalue weighted by atomic mass is 16.2. The van der Waals surface area contributed by atoms with Crippen LogP contribution in [0, 0.1) is 0 Å². The molecule has 0 fully saturated rings. The monoisotopic (exact) mass is 320 g/mol. The number of aryl methyl sites for hydroxylation is 1. The highest BCUT2D eigenvalue weighted by Crippen LogP contribution is 2.16. The number of aromatic amines is 1. The molecule has 2 N–H and O–H groups in total. The average Bonchev–Trinajstić information content (AvgIpc) is 2.94. The Bertz CT molecular complexity index is 1130. The molecule has 0 aromatic carbocycles. The van der Waals surface area contributed by atoms with Crippen molar-refractivity contribution in [3.63, 3.8) is 0 Å². The van der Waals surface area contributed by atoms with Crippen LogP contribution in [0.5, 0.6) is 0 Å². The maximum absolute atomic E-state index is 12.6. The van der Waals surface area contributed by atoms with Gasteiger partial charge in [0, 0.05) is 19.3 Å². The molecule has 0 aliphatic rings. The summed E-state index contributed by atoms with van der Waals surface area (Å²) in [4.78, 5) is 32.5. The molecule has 4 aromatic rings. The maximum atomic E-state index is 12.6. The van der Waals surface area contributed by atoms with Crippen LogP contribution in [-0.2, 0) is 7.05 Å². The zero-order valence-corrected chi connectivity index (χ0v) is 12.9. The van der Waals surface area contributed by atoms with Crippen LogP contribution >= 0.6 is 0 Å². The predicted octanol–water partition coefficient (Wildman–Crippen LogP) is 1.25. The number of fused-ring (bicyclic) bond motifs is 2. The number of carbonyl (C=O) groups is 1. The Morgan fingerprint density at radius 3 is 2.92 bits per heavy atom. The first-order valence-corrected chi connectivity index (χ1v) is 7.39. The lowest BCUT2D eigenvalue weighted by atomic mass is 10.3. The van der Waals surface area contributed by atoms with E-state index in [-0.39, 0.29) is 11.5 Å². The quantitative estimate of drug-likeness (QED) is 0.603. The van der Waals surface area contributed by atoms with E-state index in [2.05, 4.69) is 15.3 Å². The van der Waals surface area contributed by atoms with Crippen LogP contribution in [0.15, 0.2) is 59.8 Å². The molecule has 4 heterocycles. The minimum Gasteiger partial charge on any atom is -0.324 e. The van der Waals surface area contributed by atoms with E-state index in [1.807, 2.05) is 6.07 Å². The van der Waals surface area contributed by atoms with Crippen molar-refractivity contribution in [3.05, 3.63) is 71.0 Å². The van der Waals surface area contributed by atoms with E-state index in [4.69, 9.17) is 0 Å². The van der Waals surface area contributed by atoms with E-state index >= 15 is 0 Å². The van der Waals surface area contributed by atoms with Crippen LogP contribution in [0.4, 0.5) is 5.69 Å². The van der Waals surface area contributed by atoms with Crippen molar-refractivity contribution in [1.82, 2.24) is 14.0 Å². The third-order valence-corrected chi connectivity index (χ3v) is 3.91. The van der Waals surface area contributed by atoms with Crippen molar-refractivity contribution in [2.45, 2.75) is 0 Å². The number of carbonyl (C=O) groups excluding carboxylic acids is 1. The summed E-state index contributed by atoms with van der Waals surface area (Å²) in [5, 5.41) is 3.20. The van der Waals surface area contributed by atoms with Gasteiger partial charge in [-0.15, -0.1) is 0 Å². The summed E-state index contributed by atoms with van der Waals surface area (Å²) < 4.78 is 3.10. The van der Waals surface area contributed by atoms with Crippen molar-refractivity contribution >= 4 is 28.3 Å². The molecule has 4 aromatic heterocycles. The molecule has 7 nitrogen and oxygen atoms in total. The molecule has 7 heteroatoms. The standard InChI is InChI=1S/C17H13N5O2/c1-21-13(16(23)19-11-5-4-7-18-10-11)9-12-15(21)20-14-6-2-3-8-22(14)17(12)24/h2-10H,1H3,(H,19,23)/p+1. The smallest absolute Gasteiger partial charge is 0.272 e. The van der Waals surface area contributed by atoms with Crippen LogP contribution in [0.25, 0.3) is 16.7 Å². The highest BCUT2D eigenvalue weighted by Gasteiger charge is 2.18. The molecule has 0 bridgehead atoms. The molecule has 0 unspecified atom stereocenters. The molecule has 0 saturated heterocycles. The van der Waals surface area contributed by atoms with Crippen molar-refractivity contribution in [3.8, 4) is 0 Å². The van der Waals surface area contributed by atoms with Gasteiger partial charge in [0.25, 0.3) is 11.5 Å². The summed E-state index contributed by atoms with van der Waals surface area (Å²) in [5.41, 5.74) is 1.84. The van der Waals surface area contributed by atoms with Gasteiger partial charge < -0.3 is 9.88 Å². The molecule has 0 saturated carbocycles. The van der Waals surface area contributed by atoms with Crippen molar-refractivity contribution in [2.24, 2.45) is 7.05 Å². The van der Waals surface area contributed by atoms with Crippen LogP contribution in [0.3, 0.4) is 0 Å². The lowest BCUT2D eigenvalue weighted by molar-refractivity contribution is -0.377. The normalized spacial score (nSPS) is 11.0. The van der Waals surface area contributed by atoms with Crippen LogP contribution < -0.4 is 15.9 Å². The zero-order valence-electron chi connectivity index (χ0n) is 12.9. The number of rotatable bonds is 2. The molecular weight excluding hydrogens is 306 g/mol. The highest BCUT2D eigenvalue weighted by molar-refractivity contribution is 6.05. The largest absolute Gasteiger partial charge is 0.324 e. The van der Waals surface area contributed by atoms with E-state index in [0.717, 1.165) is 0 Å². The fourth-order valence-corrected chi connectivity index (χ4v) is 2.70. The molecule has 4 rings (SSSR count). The number of aromatic nitrogens is 4. The molecule has 0 aliphatic carbocycles. The van der Waals surface area contributed by atoms with Crippen molar-refractivity contribution in [1.29, 1.82) is 0 Å². The molecule has 0 radical (unpaired) electrons. The number of pyridine rings is 2. The Balaban J connectivity index is 1.86. The molecule has 24 heavy (non-hydrogen) atoms. The lowest BCUT2D eigenvalue weighted by Crippen LogP contribution is -2.17. The summed E-state index contributed by atoms with van der Waals surface area (Å²) in [6, 6.07) is 10.5. The third kappa shape index (κ3) is 2.14. The summed E-state index contributed by atoms with van der Waals surface area (Å²) in [6.45, 7) is 0. The molecular formula is C17H14N5O2+. The Hall–Kier alpha value is -3.48. The van der Waals surface area contributed by atoms with Crippen LogP contribution in [-0.4, -0.2) is 19.9 Å². The third-order valence-electron chi connectivity index (χ3n) is 3.91. The van der Waals surface area contributed by atoms with Gasteiger partial charge in [0.2, 0.25) is 0 Å². The Kier molecular flexibility index (Phi) is 3.13. The zero-order chi connectivity index (χ0) is 16.7. The van der Waals surface area contributed by atoms with Gasteiger partial charge >= 0.3 is 0 Å². The lowest BCUT2D eigenvalue weighted by Gasteiger charge is -2.05. The second-order valence-corrected chi connectivity index (χ2v) is 5.42. The van der Waals surface area contributed by atoms with Gasteiger partial charge in [0.15, 0.2) is 12.4 Å². The minimum atomic E-state index is -0.302. The van der Waals surface area contributed by atoms with Crippen molar-refractivity contribution < 1.29 is 9.78 Å². The van der Waals surface area contributed by atoms with Gasteiger partial charge in [0.1, 0.15) is 22.7 Å². The minimum absolute atomic E-state index is 0.196. The van der Waals surface area contributed by atoms with Crippen molar-refractivity contribution in [2.75, 3.05) is 5.32 Å². The number of hydrogen-bond donors (Lipinski definition) is 1. The summed E-state index contributed by atoms with van der Waals surface area (Å²) in [5.74, 6) is -0.302. The Morgan fingerprint density at radius 2 is 2.12 bits per heavy atom. The molecule has 0 atom stereocenters. The Morgan fingerprint density at radius 1 is 1.25 bits per heavy atom. The average molecular weight is 320 g/mol. The summed E-state index contributed by atoms with van der Waals surface area (Å²) >= 11 is 0. The molecule has 0 spiro atoms. The van der Waals surface area contributed by atoms with E-state index in [1.165, 1.54) is 4.40 Å². The fourth-order valence-electron chi connectivity index (χ4n) is 2.70. The molecule has 1 amide bonds. The maximum Gasteiger partial charge on any atom is 0.272 e. The van der Waals surface area contributed by atoms with Gasteiger partial charge in [-0.1, -0.05) is 6.07 Å². The second-order valence-electron chi connectivity index (χ2n) is 5.42. The number of hydrogen-bond acceptors (Lipinski definition) is 3. The topological polar surface area (TPSA) is 82.5 Å². The van der Waals surface area contributed by atoms with E-state index < -0.39 is 0 Å². The van der Waals surface area contributed by atoms with Gasteiger partial charge in [0.05, 0.1) is 5.39 Å². The van der Waals surface area contributed by atoms with Gasteiger partial charge in [-0.25, -0.2) is 9.97 Å². The second kappa shape index (κ2) is 5.31. The van der Waals surface area contributed by atoms with E-state index in [9.17, 15) is 9.59 Å². The first-order chi connectivity index (χ1) is 11.6. The SMILES string of the molecule is Cn1c(C(=O)Nc2ccc[nH+]c2)cc2c(=O)n3ccccc3nc21. The Labute approximate surface area is 136 Å². The number of nitrogens with zero attached hydrogens (tertiary/aromatic N) is 3. The van der Waals surface area contributed by atoms with Crippen LogP contribution in [0.1, 0.15) is 10.5 Å². The number of nitrogens with one attached hydrogen (secondary N) is 2. The predicted molar refractivity (Wildman–Crippen MR) is 88.9 cm³/mol. The summed E-state index contributed by atoms with van der Waals surface area (Å²) in [6.07, 6.45) is 5.10. The summed E-state index contributed by atoms with van der Waals surface area (Å²) in [7, 11) is 1.72. The van der Waals surface area contributed by atoms with E-state index in [0.29, 0.717) is 28.1 Å². The van der Waals surface area contributed by atoms with Gasteiger partial charge in [-0.3, -0.25) is 14.0 Å². The van der Waals surface area contributed by atoms with Gasteiger partial charge in [-0.05, 0) is 24.3 Å². The molecule has 0 aliphatic heterocycles. The first-order valence-electron chi connectivity index (χ1n) is 7.39. The number of anilines is 1. The number of amides is 1. The van der Waals surface area contributed by atoms with Crippen LogP contribution in [0.2, 0.25) is 0 Å². The fraction of sp³-hybridized carbons (Fsp3) is 0.0588. The molecule has 118 valence electrons. The van der Waals surface area contributed by atoms with E-state index in [1.54, 1.807) is 60.5 Å². The first kappa shape index (κ1) is 14.1. The number of H-pyrrole nitrogens is 1. The van der Waals surface area contributed by atoms with Gasteiger partial charge in [-0.2, -0.15) is 0 Å².